The van der Waals surface area contributed by atoms with E-state index in [0.717, 1.165) is 5.56 Å². The minimum Gasteiger partial charge on any atom is -0.375 e. The quantitative estimate of drug-likeness (QED) is 0.779. The highest BCUT2D eigenvalue weighted by molar-refractivity contribution is 6.30. The van der Waals surface area contributed by atoms with Gasteiger partial charge in [0.05, 0.1) is 6.10 Å². The summed E-state index contributed by atoms with van der Waals surface area (Å²) < 4.78 is 5.32. The van der Waals surface area contributed by atoms with Crippen LogP contribution in [0.25, 0.3) is 0 Å². The molecule has 0 aromatic heterocycles. The van der Waals surface area contributed by atoms with Crippen molar-refractivity contribution in [1.29, 1.82) is 0 Å². The Morgan fingerprint density at radius 1 is 1.56 bits per heavy atom. The average Bonchev–Trinajstić information content (AvgIpc) is 2.37. The van der Waals surface area contributed by atoms with E-state index in [1.165, 1.54) is 0 Å². The molecule has 18 heavy (non-hydrogen) atoms. The molecule has 0 heterocycles. The number of hydrogen-bond donors (Lipinski definition) is 2. The van der Waals surface area contributed by atoms with E-state index in [1.807, 2.05) is 18.2 Å². The molecule has 0 radical (unpaired) electrons. The summed E-state index contributed by atoms with van der Waals surface area (Å²) in [6.07, 6.45) is 1.39. The molecule has 2 amide bonds. The lowest BCUT2D eigenvalue weighted by Gasteiger charge is -2.16. The van der Waals surface area contributed by atoms with E-state index in [9.17, 15) is 4.79 Å². The smallest absolute Gasteiger partial charge is 0.315 e. The van der Waals surface area contributed by atoms with Gasteiger partial charge >= 0.3 is 6.03 Å². The van der Waals surface area contributed by atoms with Gasteiger partial charge in [0.15, 0.2) is 0 Å². The topological polar surface area (TPSA) is 50.4 Å². The lowest BCUT2D eigenvalue weighted by Crippen LogP contribution is -2.38. The second kappa shape index (κ2) is 7.74. The van der Waals surface area contributed by atoms with Gasteiger partial charge in [0, 0.05) is 25.2 Å². The Bertz CT molecular complexity index is 410. The number of rotatable bonds is 6. The van der Waals surface area contributed by atoms with Crippen LogP contribution in [0.4, 0.5) is 4.79 Å². The largest absolute Gasteiger partial charge is 0.375 e. The van der Waals surface area contributed by atoms with Crippen molar-refractivity contribution in [1.82, 2.24) is 10.6 Å². The first-order valence-electron chi connectivity index (χ1n) is 5.58. The molecule has 4 nitrogen and oxygen atoms in total. The van der Waals surface area contributed by atoms with E-state index in [1.54, 1.807) is 19.3 Å². The number of benzene rings is 1. The molecule has 0 aliphatic heterocycles. The standard InChI is InChI=1S/C13H17ClN2O2/c1-3-7-15-13(17)16-9-12(18-2)10-5-4-6-11(14)8-10/h3-6,8,12H,1,7,9H2,2H3,(H2,15,16,17)/t12-/m0/s1. The van der Waals surface area contributed by atoms with Crippen molar-refractivity contribution in [3.8, 4) is 0 Å². The fraction of sp³-hybridized carbons (Fsp3) is 0.308. The Hall–Kier alpha value is -1.52. The summed E-state index contributed by atoms with van der Waals surface area (Å²) >= 11 is 5.91. The van der Waals surface area contributed by atoms with Crippen molar-refractivity contribution in [2.45, 2.75) is 6.10 Å². The van der Waals surface area contributed by atoms with Crippen LogP contribution in [-0.4, -0.2) is 26.2 Å². The van der Waals surface area contributed by atoms with Gasteiger partial charge in [-0.05, 0) is 17.7 Å². The lowest BCUT2D eigenvalue weighted by molar-refractivity contribution is 0.104. The third kappa shape index (κ3) is 4.77. The molecule has 0 spiro atoms. The Labute approximate surface area is 112 Å². The molecule has 0 aliphatic rings. The van der Waals surface area contributed by atoms with Gasteiger partial charge in [-0.3, -0.25) is 0 Å². The SMILES string of the molecule is C=CCNC(=O)NC[C@H](OC)c1cccc(Cl)c1. The maximum Gasteiger partial charge on any atom is 0.315 e. The highest BCUT2D eigenvalue weighted by Crippen LogP contribution is 2.19. The summed E-state index contributed by atoms with van der Waals surface area (Å²) in [5, 5.41) is 5.99. The van der Waals surface area contributed by atoms with Crippen LogP contribution in [0.1, 0.15) is 11.7 Å². The molecule has 0 saturated heterocycles. The zero-order chi connectivity index (χ0) is 13.4. The van der Waals surface area contributed by atoms with Crippen LogP contribution in [-0.2, 0) is 4.74 Å². The minimum absolute atomic E-state index is 0.224. The van der Waals surface area contributed by atoms with Crippen LogP contribution in [0, 0.1) is 0 Å². The maximum atomic E-state index is 11.4. The average molecular weight is 269 g/mol. The first-order valence-corrected chi connectivity index (χ1v) is 5.96. The van der Waals surface area contributed by atoms with Crippen LogP contribution in [0.3, 0.4) is 0 Å². The zero-order valence-corrected chi connectivity index (χ0v) is 11.0. The third-order valence-electron chi connectivity index (χ3n) is 2.36. The molecule has 0 fully saturated rings. The first-order chi connectivity index (χ1) is 8.67. The monoisotopic (exact) mass is 268 g/mol. The Morgan fingerprint density at radius 2 is 2.33 bits per heavy atom. The van der Waals surface area contributed by atoms with Crippen LogP contribution in [0.2, 0.25) is 5.02 Å². The summed E-state index contributed by atoms with van der Waals surface area (Å²) in [5.41, 5.74) is 0.925. The fourth-order valence-corrected chi connectivity index (χ4v) is 1.66. The highest BCUT2D eigenvalue weighted by Gasteiger charge is 2.11. The first kappa shape index (κ1) is 14.5. The molecule has 5 heteroatoms. The van der Waals surface area contributed by atoms with Crippen LogP contribution in [0.5, 0.6) is 0 Å². The normalized spacial score (nSPS) is 11.7. The van der Waals surface area contributed by atoms with Crippen LogP contribution in [0.15, 0.2) is 36.9 Å². The van der Waals surface area contributed by atoms with Gasteiger partial charge in [0.25, 0.3) is 0 Å². The number of methoxy groups -OCH3 is 1. The predicted octanol–water partition coefficient (Wildman–Crippen LogP) is 2.51. The van der Waals surface area contributed by atoms with Gasteiger partial charge in [-0.25, -0.2) is 4.79 Å². The summed E-state index contributed by atoms with van der Waals surface area (Å²) in [7, 11) is 1.59. The van der Waals surface area contributed by atoms with Crippen molar-refractivity contribution < 1.29 is 9.53 Å². The summed E-state index contributed by atoms with van der Waals surface area (Å²) in [6.45, 7) is 4.33. The van der Waals surface area contributed by atoms with Gasteiger partial charge in [-0.15, -0.1) is 6.58 Å². The van der Waals surface area contributed by atoms with E-state index < -0.39 is 0 Å². The van der Waals surface area contributed by atoms with E-state index in [-0.39, 0.29) is 12.1 Å². The van der Waals surface area contributed by atoms with Crippen LogP contribution >= 0.6 is 11.6 Å². The molecule has 0 bridgehead atoms. The molecule has 1 atom stereocenters. The van der Waals surface area contributed by atoms with Gasteiger partial charge in [-0.2, -0.15) is 0 Å². The molecule has 0 aliphatic carbocycles. The summed E-state index contributed by atoms with van der Waals surface area (Å²) in [4.78, 5) is 11.4. The molecular formula is C13H17ClN2O2. The van der Waals surface area contributed by atoms with Crippen molar-refractivity contribution >= 4 is 17.6 Å². The van der Waals surface area contributed by atoms with Crippen molar-refractivity contribution in [2.75, 3.05) is 20.2 Å². The van der Waals surface area contributed by atoms with E-state index >= 15 is 0 Å². The Balaban J connectivity index is 2.52. The number of carbonyl (C=O) groups is 1. The summed E-state index contributed by atoms with van der Waals surface area (Å²) in [6, 6.07) is 7.12. The lowest BCUT2D eigenvalue weighted by atomic mass is 10.1. The number of amides is 2. The number of ether oxygens (including phenoxy) is 1. The second-order valence-electron chi connectivity index (χ2n) is 3.66. The predicted molar refractivity (Wildman–Crippen MR) is 72.8 cm³/mol. The van der Waals surface area contributed by atoms with Crippen molar-refractivity contribution in [2.24, 2.45) is 0 Å². The number of halogens is 1. The second-order valence-corrected chi connectivity index (χ2v) is 4.10. The Morgan fingerprint density at radius 3 is 2.94 bits per heavy atom. The number of nitrogens with one attached hydrogen (secondary N) is 2. The van der Waals surface area contributed by atoms with Gasteiger partial charge in [0.2, 0.25) is 0 Å². The molecule has 1 aromatic rings. The number of carbonyl (C=O) groups excluding carboxylic acids is 1. The van der Waals surface area contributed by atoms with Crippen molar-refractivity contribution in [3.63, 3.8) is 0 Å². The molecule has 0 unspecified atom stereocenters. The Kier molecular flexibility index (Phi) is 6.25. The van der Waals surface area contributed by atoms with Crippen LogP contribution < -0.4 is 10.6 Å². The molecular weight excluding hydrogens is 252 g/mol. The molecule has 2 N–H and O–H groups in total. The van der Waals surface area contributed by atoms with Gasteiger partial charge < -0.3 is 15.4 Å². The number of urea groups is 1. The molecule has 1 rings (SSSR count). The molecule has 0 saturated carbocycles. The minimum atomic E-state index is -0.251. The van der Waals surface area contributed by atoms with E-state index in [4.69, 9.17) is 16.3 Å². The fourth-order valence-electron chi connectivity index (χ4n) is 1.46. The molecule has 1 aromatic carbocycles. The zero-order valence-electron chi connectivity index (χ0n) is 10.3. The van der Waals surface area contributed by atoms with Gasteiger partial charge in [0.1, 0.15) is 0 Å². The van der Waals surface area contributed by atoms with E-state index in [0.29, 0.717) is 18.1 Å². The van der Waals surface area contributed by atoms with Crippen molar-refractivity contribution in [3.05, 3.63) is 47.5 Å². The maximum absolute atomic E-state index is 11.4. The number of hydrogen-bond acceptors (Lipinski definition) is 2. The highest BCUT2D eigenvalue weighted by atomic mass is 35.5. The van der Waals surface area contributed by atoms with E-state index in [2.05, 4.69) is 17.2 Å². The summed E-state index contributed by atoms with van der Waals surface area (Å²) in [5.74, 6) is 0. The molecule has 98 valence electrons. The third-order valence-corrected chi connectivity index (χ3v) is 2.60. The van der Waals surface area contributed by atoms with Gasteiger partial charge in [-0.1, -0.05) is 29.8 Å².